The first-order valence-electron chi connectivity index (χ1n) is 7.19. The number of carbonyl (C=O) groups excluding carboxylic acids is 2. The summed E-state index contributed by atoms with van der Waals surface area (Å²) in [7, 11) is 1.56. The van der Waals surface area contributed by atoms with Gasteiger partial charge < -0.3 is 20.4 Å². The summed E-state index contributed by atoms with van der Waals surface area (Å²) in [5.74, 6) is 0.00820. The van der Waals surface area contributed by atoms with Crippen molar-refractivity contribution in [1.29, 1.82) is 0 Å². The van der Waals surface area contributed by atoms with E-state index in [4.69, 9.17) is 10.2 Å². The molecule has 1 unspecified atom stereocenters. The summed E-state index contributed by atoms with van der Waals surface area (Å²) < 4.78 is 5.67. The molecule has 0 aliphatic rings. The van der Waals surface area contributed by atoms with Crippen molar-refractivity contribution in [2.75, 3.05) is 20.1 Å². The fourth-order valence-corrected chi connectivity index (χ4v) is 2.67. The number of nitrogens with two attached hydrogens (primary N) is 1. The lowest BCUT2D eigenvalue weighted by atomic mass is 9.91. The first-order chi connectivity index (χ1) is 10.2. The van der Waals surface area contributed by atoms with Crippen molar-refractivity contribution >= 4 is 40.2 Å². The minimum Gasteiger partial charge on any atom is -0.444 e. The predicted molar refractivity (Wildman–Crippen MR) is 95.7 cm³/mol. The fraction of sp³-hybridized carbons (Fsp3) is 0.600. The van der Waals surface area contributed by atoms with Gasteiger partial charge in [-0.15, -0.1) is 12.4 Å². The average Bonchev–Trinajstić information content (AvgIpc) is 2.83. The van der Waals surface area contributed by atoms with E-state index in [-0.39, 0.29) is 36.5 Å². The molecule has 2 amide bonds. The summed E-state index contributed by atoms with van der Waals surface area (Å²) in [6, 6.07) is 3.19. The molecule has 0 bridgehead atoms. The Morgan fingerprint density at radius 3 is 2.48 bits per heavy atom. The maximum atomic E-state index is 12.2. The number of rotatable bonds is 7. The van der Waals surface area contributed by atoms with Crippen LogP contribution in [0, 0.1) is 5.92 Å². The molecule has 0 fully saturated rings. The van der Waals surface area contributed by atoms with Gasteiger partial charge in [0.2, 0.25) is 5.91 Å². The Morgan fingerprint density at radius 2 is 2.04 bits per heavy atom. The van der Waals surface area contributed by atoms with Crippen LogP contribution in [0.15, 0.2) is 21.2 Å². The summed E-state index contributed by atoms with van der Waals surface area (Å²) in [4.78, 5) is 25.6. The van der Waals surface area contributed by atoms with E-state index < -0.39 is 5.54 Å². The molecule has 0 saturated heterocycles. The first kappa shape index (κ1) is 21.9. The molecule has 0 saturated carbocycles. The molecule has 1 rings (SSSR count). The predicted octanol–water partition coefficient (Wildman–Crippen LogP) is 2.42. The third-order valence-electron chi connectivity index (χ3n) is 3.26. The molecule has 1 aromatic rings. The smallest absolute Gasteiger partial charge is 0.289 e. The van der Waals surface area contributed by atoms with Gasteiger partial charge in [0.05, 0.1) is 6.54 Å². The van der Waals surface area contributed by atoms with Crippen LogP contribution in [0.25, 0.3) is 0 Å². The number of nitrogens with one attached hydrogen (secondary N) is 1. The molecule has 3 N–H and O–H groups in total. The van der Waals surface area contributed by atoms with Crippen LogP contribution in [0.2, 0.25) is 0 Å². The van der Waals surface area contributed by atoms with Crippen molar-refractivity contribution in [2.24, 2.45) is 11.7 Å². The molecule has 0 aliphatic carbocycles. The van der Waals surface area contributed by atoms with E-state index in [0.29, 0.717) is 17.1 Å². The molecule has 6 nitrogen and oxygen atoms in total. The molecular weight excluding hydrogens is 386 g/mol. The molecule has 1 atom stereocenters. The van der Waals surface area contributed by atoms with Crippen LogP contribution in [0.5, 0.6) is 0 Å². The van der Waals surface area contributed by atoms with Crippen LogP contribution >= 0.6 is 28.3 Å². The van der Waals surface area contributed by atoms with E-state index in [9.17, 15) is 9.59 Å². The van der Waals surface area contributed by atoms with Gasteiger partial charge in [-0.2, -0.15) is 0 Å². The van der Waals surface area contributed by atoms with Gasteiger partial charge in [0, 0.05) is 19.1 Å². The Labute approximate surface area is 151 Å². The van der Waals surface area contributed by atoms with Gasteiger partial charge in [0.15, 0.2) is 10.4 Å². The minimum atomic E-state index is -0.469. The highest BCUT2D eigenvalue weighted by Crippen LogP contribution is 2.16. The Morgan fingerprint density at radius 1 is 1.43 bits per heavy atom. The number of amides is 2. The van der Waals surface area contributed by atoms with Crippen molar-refractivity contribution < 1.29 is 14.0 Å². The van der Waals surface area contributed by atoms with E-state index >= 15 is 0 Å². The third kappa shape index (κ3) is 6.93. The van der Waals surface area contributed by atoms with Crippen LogP contribution in [0.3, 0.4) is 0 Å². The van der Waals surface area contributed by atoms with Crippen LogP contribution in [-0.4, -0.2) is 42.4 Å². The number of carbonyl (C=O) groups is 2. The standard InChI is InChI=1S/C15H24BrN3O3.ClH/c1-10(2)7-15(3,9-17)18-13(20)8-19(4)14(21)11-5-6-12(16)22-11;/h5-6,10H,7-9,17H2,1-4H3,(H,18,20);1H. The Balaban J connectivity index is 0.00000484. The highest BCUT2D eigenvalue weighted by atomic mass is 79.9. The number of hydrogen-bond acceptors (Lipinski definition) is 4. The van der Waals surface area contributed by atoms with E-state index in [1.165, 1.54) is 4.90 Å². The second kappa shape index (κ2) is 9.30. The Bertz CT molecular complexity index is 536. The van der Waals surface area contributed by atoms with E-state index in [1.807, 2.05) is 6.92 Å². The van der Waals surface area contributed by atoms with E-state index in [1.54, 1.807) is 19.2 Å². The molecule has 1 heterocycles. The third-order valence-corrected chi connectivity index (χ3v) is 3.69. The van der Waals surface area contributed by atoms with Crippen molar-refractivity contribution in [3.8, 4) is 0 Å². The molecule has 0 aliphatic heterocycles. The van der Waals surface area contributed by atoms with Gasteiger partial charge in [-0.05, 0) is 47.3 Å². The van der Waals surface area contributed by atoms with Crippen LogP contribution in [0.4, 0.5) is 0 Å². The lowest BCUT2D eigenvalue weighted by molar-refractivity contribution is -0.123. The number of halogens is 2. The quantitative estimate of drug-likeness (QED) is 0.722. The zero-order valence-corrected chi connectivity index (χ0v) is 16.3. The molecule has 0 aromatic carbocycles. The lowest BCUT2D eigenvalue weighted by Gasteiger charge is -2.32. The van der Waals surface area contributed by atoms with Crippen molar-refractivity contribution in [3.63, 3.8) is 0 Å². The van der Waals surface area contributed by atoms with E-state index in [2.05, 4.69) is 35.1 Å². The first-order valence-corrected chi connectivity index (χ1v) is 7.98. The summed E-state index contributed by atoms with van der Waals surface area (Å²) in [6.45, 7) is 6.36. The summed E-state index contributed by atoms with van der Waals surface area (Å²) in [5, 5.41) is 2.92. The maximum absolute atomic E-state index is 12.2. The van der Waals surface area contributed by atoms with Gasteiger partial charge >= 0.3 is 0 Å². The highest BCUT2D eigenvalue weighted by molar-refractivity contribution is 9.10. The normalized spacial score (nSPS) is 13.2. The van der Waals surface area contributed by atoms with Crippen molar-refractivity contribution in [3.05, 3.63) is 22.6 Å². The van der Waals surface area contributed by atoms with Gasteiger partial charge in [-0.25, -0.2) is 0 Å². The van der Waals surface area contributed by atoms with Crippen LogP contribution < -0.4 is 11.1 Å². The summed E-state index contributed by atoms with van der Waals surface area (Å²) >= 11 is 3.14. The molecule has 132 valence electrons. The van der Waals surface area contributed by atoms with Crippen molar-refractivity contribution in [1.82, 2.24) is 10.2 Å². The number of hydrogen-bond donors (Lipinski definition) is 2. The number of furan rings is 1. The zero-order chi connectivity index (χ0) is 16.9. The maximum Gasteiger partial charge on any atom is 0.289 e. The summed E-state index contributed by atoms with van der Waals surface area (Å²) in [6.07, 6.45) is 0.776. The van der Waals surface area contributed by atoms with Gasteiger partial charge in [-0.3, -0.25) is 9.59 Å². The highest BCUT2D eigenvalue weighted by Gasteiger charge is 2.27. The van der Waals surface area contributed by atoms with Crippen molar-refractivity contribution in [2.45, 2.75) is 32.7 Å². The molecule has 0 spiro atoms. The minimum absolute atomic E-state index is 0. The second-order valence-electron chi connectivity index (χ2n) is 6.18. The molecule has 0 radical (unpaired) electrons. The topological polar surface area (TPSA) is 88.6 Å². The molecule has 1 aromatic heterocycles. The Kier molecular flexibility index (Phi) is 8.87. The molecular formula is C15H25BrClN3O3. The van der Waals surface area contributed by atoms with E-state index in [0.717, 1.165) is 6.42 Å². The van der Waals surface area contributed by atoms with Gasteiger partial charge in [-0.1, -0.05) is 13.8 Å². The number of nitrogens with zero attached hydrogens (tertiary/aromatic N) is 1. The van der Waals surface area contributed by atoms with Crippen LogP contribution in [0.1, 0.15) is 37.7 Å². The molecule has 23 heavy (non-hydrogen) atoms. The zero-order valence-electron chi connectivity index (χ0n) is 13.9. The fourth-order valence-electron chi connectivity index (χ4n) is 2.37. The average molecular weight is 411 g/mol. The largest absolute Gasteiger partial charge is 0.444 e. The lowest BCUT2D eigenvalue weighted by Crippen LogP contribution is -2.54. The Hall–Kier alpha value is -1.05. The monoisotopic (exact) mass is 409 g/mol. The molecule has 8 heteroatoms. The SMILES string of the molecule is CC(C)CC(C)(CN)NC(=O)CN(C)C(=O)c1ccc(Br)o1.Cl. The van der Waals surface area contributed by atoms with Gasteiger partial charge in [0.1, 0.15) is 0 Å². The summed E-state index contributed by atoms with van der Waals surface area (Å²) in [5.41, 5.74) is 5.30. The van der Waals surface area contributed by atoms with Crippen LogP contribution in [-0.2, 0) is 4.79 Å². The van der Waals surface area contributed by atoms with Gasteiger partial charge in [0.25, 0.3) is 5.91 Å². The second-order valence-corrected chi connectivity index (χ2v) is 6.96. The number of likely N-dealkylation sites (N-methyl/N-ethyl adjacent to an activating group) is 1.